The number of anilines is 1. The van der Waals surface area contributed by atoms with Gasteiger partial charge in [-0.15, -0.1) is 0 Å². The Bertz CT molecular complexity index is 766. The van der Waals surface area contributed by atoms with E-state index in [9.17, 15) is 4.79 Å². The summed E-state index contributed by atoms with van der Waals surface area (Å²) in [4.78, 5) is 17.7. The van der Waals surface area contributed by atoms with E-state index in [2.05, 4.69) is 60.3 Å². The minimum atomic E-state index is -0.0321. The van der Waals surface area contributed by atoms with Crippen molar-refractivity contribution >= 4 is 11.5 Å². The maximum Gasteiger partial charge on any atom is 0.166 e. The molecule has 1 fully saturated rings. The van der Waals surface area contributed by atoms with E-state index in [4.69, 9.17) is 10.5 Å². The normalized spacial score (nSPS) is 15.5. The first-order chi connectivity index (χ1) is 14.1. The molecule has 2 aromatic rings. The topological polar surface area (TPSA) is 58.8 Å². The lowest BCUT2D eigenvalue weighted by Crippen LogP contribution is -2.36. The Morgan fingerprint density at radius 1 is 1.03 bits per heavy atom. The highest BCUT2D eigenvalue weighted by atomic mass is 16.5. The van der Waals surface area contributed by atoms with E-state index in [1.165, 1.54) is 5.56 Å². The van der Waals surface area contributed by atoms with Crippen molar-refractivity contribution in [1.82, 2.24) is 4.90 Å². The van der Waals surface area contributed by atoms with Gasteiger partial charge in [0.1, 0.15) is 0 Å². The molecule has 0 bridgehead atoms. The van der Waals surface area contributed by atoms with Crippen molar-refractivity contribution in [2.75, 3.05) is 51.8 Å². The van der Waals surface area contributed by atoms with Crippen molar-refractivity contribution in [2.45, 2.75) is 19.4 Å². The molecule has 3 rings (SSSR count). The molecule has 0 aliphatic carbocycles. The molecule has 5 nitrogen and oxygen atoms in total. The average molecular weight is 396 g/mol. The number of carbonyl (C=O) groups excluding carboxylic acids is 1. The number of hydrogen-bond donors (Lipinski definition) is 1. The summed E-state index contributed by atoms with van der Waals surface area (Å²) >= 11 is 0. The molecule has 0 aromatic heterocycles. The number of rotatable bonds is 9. The third-order valence-corrected chi connectivity index (χ3v) is 5.56. The quantitative estimate of drug-likeness (QED) is 0.662. The summed E-state index contributed by atoms with van der Waals surface area (Å²) in [7, 11) is 4.10. The second kappa shape index (κ2) is 10.5. The SMILES string of the molecule is CN(C)CCC(Cc1ccc(CN)cc1)C(=O)c1ccc(N2CCOCC2)cc1. The molecular formula is C24H33N3O2. The van der Waals surface area contributed by atoms with Gasteiger partial charge in [0.15, 0.2) is 5.78 Å². The highest BCUT2D eigenvalue weighted by molar-refractivity contribution is 5.98. The maximum absolute atomic E-state index is 13.3. The van der Waals surface area contributed by atoms with Crippen LogP contribution < -0.4 is 10.6 Å². The molecule has 2 aromatic carbocycles. The molecule has 1 unspecified atom stereocenters. The zero-order chi connectivity index (χ0) is 20.6. The van der Waals surface area contributed by atoms with Crippen LogP contribution in [0.15, 0.2) is 48.5 Å². The van der Waals surface area contributed by atoms with E-state index in [0.29, 0.717) is 6.54 Å². The largest absolute Gasteiger partial charge is 0.378 e. The fourth-order valence-electron chi connectivity index (χ4n) is 3.73. The summed E-state index contributed by atoms with van der Waals surface area (Å²) < 4.78 is 5.43. The molecule has 1 saturated heterocycles. The van der Waals surface area contributed by atoms with E-state index in [1.807, 2.05) is 12.1 Å². The van der Waals surface area contributed by atoms with Gasteiger partial charge in [0.2, 0.25) is 0 Å². The molecule has 1 atom stereocenters. The van der Waals surface area contributed by atoms with E-state index in [0.717, 1.165) is 62.5 Å². The Kier molecular flexibility index (Phi) is 7.81. The fraction of sp³-hybridized carbons (Fsp3) is 0.458. The first-order valence-corrected chi connectivity index (χ1v) is 10.5. The summed E-state index contributed by atoms with van der Waals surface area (Å²) in [6.45, 7) is 4.75. The summed E-state index contributed by atoms with van der Waals surface area (Å²) in [5.41, 5.74) is 9.96. The lowest BCUT2D eigenvalue weighted by molar-refractivity contribution is 0.0906. The summed E-state index contributed by atoms with van der Waals surface area (Å²) in [6.07, 6.45) is 1.60. The molecule has 0 spiro atoms. The van der Waals surface area contributed by atoms with Crippen molar-refractivity contribution in [3.8, 4) is 0 Å². The smallest absolute Gasteiger partial charge is 0.166 e. The van der Waals surface area contributed by atoms with Gasteiger partial charge < -0.3 is 20.3 Å². The molecule has 156 valence electrons. The van der Waals surface area contributed by atoms with Gasteiger partial charge in [0, 0.05) is 36.8 Å². The van der Waals surface area contributed by atoms with E-state index in [-0.39, 0.29) is 11.7 Å². The van der Waals surface area contributed by atoms with Gasteiger partial charge in [-0.1, -0.05) is 24.3 Å². The van der Waals surface area contributed by atoms with Gasteiger partial charge in [-0.05, 0) is 68.9 Å². The predicted octanol–water partition coefficient (Wildman–Crippen LogP) is 2.98. The number of carbonyl (C=O) groups is 1. The first-order valence-electron chi connectivity index (χ1n) is 10.5. The fourth-order valence-corrected chi connectivity index (χ4v) is 3.73. The first kappa shape index (κ1) is 21.5. The summed E-state index contributed by atoms with van der Waals surface area (Å²) in [6, 6.07) is 16.4. The van der Waals surface area contributed by atoms with Gasteiger partial charge in [0.25, 0.3) is 0 Å². The Morgan fingerprint density at radius 3 is 2.24 bits per heavy atom. The monoisotopic (exact) mass is 395 g/mol. The van der Waals surface area contributed by atoms with Crippen LogP contribution in [-0.2, 0) is 17.7 Å². The number of benzene rings is 2. The van der Waals surface area contributed by atoms with Crippen molar-refractivity contribution in [3.05, 3.63) is 65.2 Å². The minimum absolute atomic E-state index is 0.0321. The van der Waals surface area contributed by atoms with E-state index in [1.54, 1.807) is 0 Å². The van der Waals surface area contributed by atoms with Gasteiger partial charge in [-0.25, -0.2) is 0 Å². The van der Waals surface area contributed by atoms with Crippen LogP contribution in [0.25, 0.3) is 0 Å². The van der Waals surface area contributed by atoms with Gasteiger partial charge in [-0.2, -0.15) is 0 Å². The molecule has 0 amide bonds. The number of nitrogens with zero attached hydrogens (tertiary/aromatic N) is 2. The van der Waals surface area contributed by atoms with Crippen LogP contribution in [0.1, 0.15) is 27.9 Å². The van der Waals surface area contributed by atoms with Crippen molar-refractivity contribution in [1.29, 1.82) is 0 Å². The number of morpholine rings is 1. The molecule has 2 N–H and O–H groups in total. The Hall–Kier alpha value is -2.21. The van der Waals surface area contributed by atoms with Crippen LogP contribution >= 0.6 is 0 Å². The van der Waals surface area contributed by atoms with Crippen LogP contribution in [0.2, 0.25) is 0 Å². The van der Waals surface area contributed by atoms with Gasteiger partial charge in [0.05, 0.1) is 13.2 Å². The van der Waals surface area contributed by atoms with Gasteiger partial charge in [-0.3, -0.25) is 4.79 Å². The molecule has 0 radical (unpaired) electrons. The minimum Gasteiger partial charge on any atom is -0.378 e. The van der Waals surface area contributed by atoms with Crippen LogP contribution in [0, 0.1) is 5.92 Å². The number of nitrogens with two attached hydrogens (primary N) is 1. The van der Waals surface area contributed by atoms with Crippen molar-refractivity contribution < 1.29 is 9.53 Å². The highest BCUT2D eigenvalue weighted by Crippen LogP contribution is 2.22. The number of Topliss-reactive ketones (excluding diaryl/α,β-unsaturated/α-hetero) is 1. The third-order valence-electron chi connectivity index (χ3n) is 5.56. The zero-order valence-electron chi connectivity index (χ0n) is 17.6. The lowest BCUT2D eigenvalue weighted by Gasteiger charge is -2.29. The number of ketones is 1. The standard InChI is InChI=1S/C24H33N3O2/c1-26(2)12-11-22(17-19-3-5-20(18-25)6-4-19)24(28)21-7-9-23(10-8-21)27-13-15-29-16-14-27/h3-10,22H,11-18,25H2,1-2H3. The van der Waals surface area contributed by atoms with Crippen LogP contribution in [-0.4, -0.2) is 57.6 Å². The van der Waals surface area contributed by atoms with E-state index >= 15 is 0 Å². The Morgan fingerprint density at radius 2 is 1.66 bits per heavy atom. The second-order valence-electron chi connectivity index (χ2n) is 8.02. The van der Waals surface area contributed by atoms with Gasteiger partial charge >= 0.3 is 0 Å². The van der Waals surface area contributed by atoms with Crippen LogP contribution in [0.3, 0.4) is 0 Å². The van der Waals surface area contributed by atoms with Crippen molar-refractivity contribution in [3.63, 3.8) is 0 Å². The highest BCUT2D eigenvalue weighted by Gasteiger charge is 2.21. The molecule has 5 heteroatoms. The third kappa shape index (κ3) is 6.13. The number of hydrogen-bond acceptors (Lipinski definition) is 5. The predicted molar refractivity (Wildman–Crippen MR) is 119 cm³/mol. The van der Waals surface area contributed by atoms with Crippen LogP contribution in [0.5, 0.6) is 0 Å². The Balaban J connectivity index is 1.72. The zero-order valence-corrected chi connectivity index (χ0v) is 17.6. The Labute approximate surface area is 174 Å². The lowest BCUT2D eigenvalue weighted by atomic mass is 9.88. The molecular weight excluding hydrogens is 362 g/mol. The maximum atomic E-state index is 13.3. The number of ether oxygens (including phenoxy) is 1. The average Bonchev–Trinajstić information content (AvgIpc) is 2.77. The second-order valence-corrected chi connectivity index (χ2v) is 8.02. The van der Waals surface area contributed by atoms with E-state index < -0.39 is 0 Å². The molecule has 29 heavy (non-hydrogen) atoms. The summed E-state index contributed by atoms with van der Waals surface area (Å²) in [5, 5.41) is 0. The molecule has 1 heterocycles. The summed E-state index contributed by atoms with van der Waals surface area (Å²) in [5.74, 6) is 0.193. The van der Waals surface area contributed by atoms with Crippen molar-refractivity contribution in [2.24, 2.45) is 11.7 Å². The molecule has 1 aliphatic heterocycles. The molecule has 1 aliphatic rings. The van der Waals surface area contributed by atoms with Crippen LogP contribution in [0.4, 0.5) is 5.69 Å². The molecule has 0 saturated carbocycles.